The fourth-order valence-corrected chi connectivity index (χ4v) is 3.75. The molecule has 1 heterocycles. The van der Waals surface area contributed by atoms with Crippen LogP contribution in [0.4, 0.5) is 0 Å². The summed E-state index contributed by atoms with van der Waals surface area (Å²) in [6.45, 7) is 5.44. The molecule has 1 saturated heterocycles. The van der Waals surface area contributed by atoms with E-state index in [0.29, 0.717) is 12.0 Å². The molecule has 1 aliphatic heterocycles. The SMILES string of the molecule is CC1CCN(CCSc2cc(Cl)ccc2Cl)CC1N. The summed E-state index contributed by atoms with van der Waals surface area (Å²) in [5.74, 6) is 1.66. The first-order chi connectivity index (χ1) is 9.06. The molecule has 2 atom stereocenters. The van der Waals surface area contributed by atoms with Gasteiger partial charge in [-0.15, -0.1) is 11.8 Å². The molecule has 106 valence electrons. The Kier molecular flexibility index (Phi) is 5.85. The standard InChI is InChI=1S/C14H20Cl2N2S/c1-10-4-5-18(9-13(10)17)6-7-19-14-8-11(15)2-3-12(14)16/h2-3,8,10,13H,4-7,9,17H2,1H3. The zero-order valence-electron chi connectivity index (χ0n) is 11.1. The highest BCUT2D eigenvalue weighted by Gasteiger charge is 2.22. The van der Waals surface area contributed by atoms with Crippen molar-refractivity contribution >= 4 is 35.0 Å². The van der Waals surface area contributed by atoms with Crippen LogP contribution in [0.5, 0.6) is 0 Å². The lowest BCUT2D eigenvalue weighted by atomic mass is 9.94. The molecular weight excluding hydrogens is 299 g/mol. The molecule has 0 spiro atoms. The van der Waals surface area contributed by atoms with Gasteiger partial charge in [-0.05, 0) is 37.1 Å². The predicted molar refractivity (Wildman–Crippen MR) is 85.4 cm³/mol. The number of hydrogen-bond donors (Lipinski definition) is 1. The average Bonchev–Trinajstić information content (AvgIpc) is 2.38. The molecular formula is C14H20Cl2N2S. The second kappa shape index (κ2) is 7.19. The Balaban J connectivity index is 1.79. The zero-order valence-corrected chi connectivity index (χ0v) is 13.4. The van der Waals surface area contributed by atoms with E-state index in [1.165, 1.54) is 6.42 Å². The summed E-state index contributed by atoms with van der Waals surface area (Å²) in [6.07, 6.45) is 1.20. The van der Waals surface area contributed by atoms with Crippen LogP contribution in [-0.2, 0) is 0 Å². The highest BCUT2D eigenvalue weighted by atomic mass is 35.5. The van der Waals surface area contributed by atoms with Crippen molar-refractivity contribution in [2.75, 3.05) is 25.4 Å². The maximum absolute atomic E-state index is 6.15. The summed E-state index contributed by atoms with van der Waals surface area (Å²) in [5.41, 5.74) is 6.11. The summed E-state index contributed by atoms with van der Waals surface area (Å²) in [6, 6.07) is 5.91. The summed E-state index contributed by atoms with van der Waals surface area (Å²) < 4.78 is 0. The van der Waals surface area contributed by atoms with Gasteiger partial charge in [0.25, 0.3) is 0 Å². The number of piperidine rings is 1. The van der Waals surface area contributed by atoms with E-state index in [1.54, 1.807) is 11.8 Å². The molecule has 1 fully saturated rings. The van der Waals surface area contributed by atoms with Crippen molar-refractivity contribution in [3.63, 3.8) is 0 Å². The molecule has 0 saturated carbocycles. The third-order valence-electron chi connectivity index (χ3n) is 3.66. The number of thioether (sulfide) groups is 1. The van der Waals surface area contributed by atoms with E-state index in [1.807, 2.05) is 18.2 Å². The van der Waals surface area contributed by atoms with E-state index in [9.17, 15) is 0 Å². The smallest absolute Gasteiger partial charge is 0.0542 e. The van der Waals surface area contributed by atoms with Crippen LogP contribution in [0.2, 0.25) is 10.0 Å². The van der Waals surface area contributed by atoms with Crippen LogP contribution >= 0.6 is 35.0 Å². The van der Waals surface area contributed by atoms with Crippen molar-refractivity contribution < 1.29 is 0 Å². The lowest BCUT2D eigenvalue weighted by molar-refractivity contribution is 0.178. The number of hydrogen-bond acceptors (Lipinski definition) is 3. The van der Waals surface area contributed by atoms with Gasteiger partial charge in [0.1, 0.15) is 0 Å². The normalized spacial score (nSPS) is 24.6. The van der Waals surface area contributed by atoms with Gasteiger partial charge in [-0.1, -0.05) is 30.1 Å². The van der Waals surface area contributed by atoms with E-state index in [2.05, 4.69) is 11.8 Å². The molecule has 19 heavy (non-hydrogen) atoms. The van der Waals surface area contributed by atoms with Gasteiger partial charge in [0.2, 0.25) is 0 Å². The Bertz CT molecular complexity index is 428. The van der Waals surface area contributed by atoms with Crippen molar-refractivity contribution in [2.45, 2.75) is 24.3 Å². The summed E-state index contributed by atoms with van der Waals surface area (Å²) >= 11 is 13.9. The molecule has 0 aromatic heterocycles. The predicted octanol–water partition coefficient (Wildman–Crippen LogP) is 3.75. The molecule has 0 bridgehead atoms. The minimum Gasteiger partial charge on any atom is -0.326 e. The van der Waals surface area contributed by atoms with Crippen LogP contribution < -0.4 is 5.73 Å². The maximum atomic E-state index is 6.15. The Morgan fingerprint density at radius 3 is 2.95 bits per heavy atom. The van der Waals surface area contributed by atoms with Crippen LogP contribution in [0, 0.1) is 5.92 Å². The van der Waals surface area contributed by atoms with Crippen LogP contribution in [-0.4, -0.2) is 36.3 Å². The number of nitrogens with two attached hydrogens (primary N) is 1. The number of rotatable bonds is 4. The molecule has 2 N–H and O–H groups in total. The van der Waals surface area contributed by atoms with E-state index < -0.39 is 0 Å². The molecule has 5 heteroatoms. The van der Waals surface area contributed by atoms with E-state index in [0.717, 1.165) is 40.3 Å². The number of halogens is 2. The largest absolute Gasteiger partial charge is 0.326 e. The second-order valence-corrected chi connectivity index (χ2v) is 7.13. The number of likely N-dealkylation sites (tertiary alicyclic amines) is 1. The molecule has 1 aliphatic rings. The van der Waals surface area contributed by atoms with Crippen LogP contribution in [0.1, 0.15) is 13.3 Å². The quantitative estimate of drug-likeness (QED) is 0.857. The number of benzene rings is 1. The fraction of sp³-hybridized carbons (Fsp3) is 0.571. The summed E-state index contributed by atoms with van der Waals surface area (Å²) in [7, 11) is 0. The highest BCUT2D eigenvalue weighted by Crippen LogP contribution is 2.30. The monoisotopic (exact) mass is 318 g/mol. The molecule has 2 rings (SSSR count). The molecule has 1 aromatic rings. The fourth-order valence-electron chi connectivity index (χ4n) is 2.25. The first kappa shape index (κ1) is 15.5. The van der Waals surface area contributed by atoms with Crippen molar-refractivity contribution in [1.29, 1.82) is 0 Å². The second-order valence-electron chi connectivity index (χ2n) is 5.15. The Labute approximate surface area is 129 Å². The lowest BCUT2D eigenvalue weighted by Crippen LogP contribution is -2.48. The molecule has 2 nitrogen and oxygen atoms in total. The molecule has 1 aromatic carbocycles. The van der Waals surface area contributed by atoms with Crippen molar-refractivity contribution in [3.05, 3.63) is 28.2 Å². The van der Waals surface area contributed by atoms with E-state index >= 15 is 0 Å². The first-order valence-electron chi connectivity index (χ1n) is 6.62. The van der Waals surface area contributed by atoms with E-state index in [-0.39, 0.29) is 0 Å². The Hall–Kier alpha value is 0.0700. The Morgan fingerprint density at radius 2 is 2.21 bits per heavy atom. The van der Waals surface area contributed by atoms with Gasteiger partial charge in [0, 0.05) is 34.8 Å². The van der Waals surface area contributed by atoms with Crippen LogP contribution in [0.15, 0.2) is 23.1 Å². The minimum atomic E-state index is 0.313. The van der Waals surface area contributed by atoms with Gasteiger partial charge in [-0.3, -0.25) is 0 Å². The molecule has 0 amide bonds. The maximum Gasteiger partial charge on any atom is 0.0542 e. The third kappa shape index (κ3) is 4.54. The van der Waals surface area contributed by atoms with Crippen molar-refractivity contribution in [2.24, 2.45) is 11.7 Å². The van der Waals surface area contributed by atoms with Gasteiger partial charge in [-0.2, -0.15) is 0 Å². The van der Waals surface area contributed by atoms with Crippen LogP contribution in [0.25, 0.3) is 0 Å². The van der Waals surface area contributed by atoms with Gasteiger partial charge < -0.3 is 10.6 Å². The lowest BCUT2D eigenvalue weighted by Gasteiger charge is -2.34. The highest BCUT2D eigenvalue weighted by molar-refractivity contribution is 7.99. The minimum absolute atomic E-state index is 0.313. The topological polar surface area (TPSA) is 29.3 Å². The zero-order chi connectivity index (χ0) is 13.8. The molecule has 2 unspecified atom stereocenters. The van der Waals surface area contributed by atoms with Crippen molar-refractivity contribution in [3.8, 4) is 0 Å². The number of nitrogens with zero attached hydrogens (tertiary/aromatic N) is 1. The van der Waals surface area contributed by atoms with Gasteiger partial charge in [0.05, 0.1) is 5.02 Å². The van der Waals surface area contributed by atoms with E-state index in [4.69, 9.17) is 28.9 Å². The van der Waals surface area contributed by atoms with Gasteiger partial charge in [0.15, 0.2) is 0 Å². The van der Waals surface area contributed by atoms with Crippen LogP contribution in [0.3, 0.4) is 0 Å². The molecule has 0 aliphatic carbocycles. The van der Waals surface area contributed by atoms with Gasteiger partial charge >= 0.3 is 0 Å². The average molecular weight is 319 g/mol. The first-order valence-corrected chi connectivity index (χ1v) is 8.36. The van der Waals surface area contributed by atoms with Crippen molar-refractivity contribution in [1.82, 2.24) is 4.90 Å². The van der Waals surface area contributed by atoms with Gasteiger partial charge in [-0.25, -0.2) is 0 Å². The third-order valence-corrected chi connectivity index (χ3v) is 5.37. The Morgan fingerprint density at radius 1 is 1.42 bits per heavy atom. The molecule has 0 radical (unpaired) electrons. The summed E-state index contributed by atoms with van der Waals surface area (Å²) in [4.78, 5) is 3.50. The summed E-state index contributed by atoms with van der Waals surface area (Å²) in [5, 5.41) is 1.51.